The molecule has 2 rings (SSSR count). The van der Waals surface area contributed by atoms with Gasteiger partial charge < -0.3 is 15.5 Å². The number of nitrogens with two attached hydrogens (primary N) is 1. The lowest BCUT2D eigenvalue weighted by Crippen LogP contribution is -2.44. The largest absolute Gasteiger partial charge is 0.369 e. The average Bonchev–Trinajstić information content (AvgIpc) is 2.46. The number of carbonyl (C=O) groups excluding carboxylic acids is 2. The molecule has 0 radical (unpaired) electrons. The van der Waals surface area contributed by atoms with Gasteiger partial charge in [0.15, 0.2) is 11.5 Å². The predicted molar refractivity (Wildman–Crippen MR) is 74.2 cm³/mol. The maximum Gasteiger partial charge on any atom is 0.274 e. The molecular weight excluding hydrogens is 258 g/mol. The molecule has 0 aliphatic carbocycles. The van der Waals surface area contributed by atoms with E-state index < -0.39 is 0 Å². The third-order valence-corrected chi connectivity index (χ3v) is 3.44. The van der Waals surface area contributed by atoms with Crippen LogP contribution in [0.25, 0.3) is 0 Å². The second-order valence-electron chi connectivity index (χ2n) is 5.16. The highest BCUT2D eigenvalue weighted by Crippen LogP contribution is 2.18. The minimum Gasteiger partial charge on any atom is -0.369 e. The van der Waals surface area contributed by atoms with Crippen molar-refractivity contribution in [3.05, 3.63) is 17.8 Å². The summed E-state index contributed by atoms with van der Waals surface area (Å²) in [7, 11) is 3.71. The first-order chi connectivity index (χ1) is 9.49. The summed E-state index contributed by atoms with van der Waals surface area (Å²) in [5.41, 5.74) is 5.60. The number of hydrogen-bond donors (Lipinski definition) is 1. The summed E-state index contributed by atoms with van der Waals surface area (Å²) in [6.07, 6.45) is 1.52. The van der Waals surface area contributed by atoms with Gasteiger partial charge in [0, 0.05) is 27.2 Å². The third-order valence-electron chi connectivity index (χ3n) is 3.44. The summed E-state index contributed by atoms with van der Waals surface area (Å²) in [5.74, 6) is -0.123. The quantitative estimate of drug-likeness (QED) is 0.831. The first-order valence-corrected chi connectivity index (χ1v) is 6.58. The molecule has 1 aliphatic rings. The normalized spacial score (nSPS) is 18.7. The molecule has 1 fully saturated rings. The Labute approximate surface area is 117 Å². The fourth-order valence-corrected chi connectivity index (χ4v) is 2.23. The lowest BCUT2D eigenvalue weighted by molar-refractivity contribution is -0.123. The van der Waals surface area contributed by atoms with E-state index in [9.17, 15) is 9.59 Å². The summed E-state index contributed by atoms with van der Waals surface area (Å²) in [6.45, 7) is 0.991. The zero-order chi connectivity index (χ0) is 14.7. The Morgan fingerprint density at radius 1 is 1.35 bits per heavy atom. The molecule has 20 heavy (non-hydrogen) atoms. The van der Waals surface area contributed by atoms with Crippen LogP contribution in [0.5, 0.6) is 0 Å². The van der Waals surface area contributed by atoms with E-state index in [0.717, 1.165) is 12.8 Å². The highest BCUT2D eigenvalue weighted by molar-refractivity contribution is 5.92. The molecule has 1 atom stereocenters. The van der Waals surface area contributed by atoms with Crippen molar-refractivity contribution >= 4 is 17.6 Å². The van der Waals surface area contributed by atoms with Gasteiger partial charge in [-0.05, 0) is 25.0 Å². The summed E-state index contributed by atoms with van der Waals surface area (Å²) in [4.78, 5) is 27.0. The first-order valence-electron chi connectivity index (χ1n) is 6.58. The van der Waals surface area contributed by atoms with Crippen LogP contribution in [0.15, 0.2) is 12.1 Å². The molecule has 2 heterocycles. The lowest BCUT2D eigenvalue weighted by atomic mass is 9.97. The van der Waals surface area contributed by atoms with Gasteiger partial charge in [-0.1, -0.05) is 0 Å². The zero-order valence-corrected chi connectivity index (χ0v) is 11.7. The number of primary amides is 1. The topological polar surface area (TPSA) is 92.4 Å². The molecule has 0 bridgehead atoms. The molecule has 0 saturated carbocycles. The van der Waals surface area contributed by atoms with E-state index in [4.69, 9.17) is 5.73 Å². The van der Waals surface area contributed by atoms with Crippen molar-refractivity contribution in [2.75, 3.05) is 32.1 Å². The smallest absolute Gasteiger partial charge is 0.274 e. The van der Waals surface area contributed by atoms with Gasteiger partial charge in [-0.2, -0.15) is 0 Å². The summed E-state index contributed by atoms with van der Waals surface area (Å²) < 4.78 is 0. The number of piperidine rings is 1. The van der Waals surface area contributed by atoms with Crippen molar-refractivity contribution in [3.8, 4) is 0 Å². The van der Waals surface area contributed by atoms with Crippen molar-refractivity contribution < 1.29 is 9.59 Å². The van der Waals surface area contributed by atoms with Crippen LogP contribution in [-0.2, 0) is 4.79 Å². The van der Waals surface area contributed by atoms with Gasteiger partial charge >= 0.3 is 0 Å². The second-order valence-corrected chi connectivity index (χ2v) is 5.16. The highest BCUT2D eigenvalue weighted by atomic mass is 16.2. The van der Waals surface area contributed by atoms with Crippen LogP contribution < -0.4 is 10.6 Å². The maximum atomic E-state index is 12.3. The standard InChI is InChI=1S/C13H19N5O2/c1-17(2)11-6-5-10(15-16-11)13(20)18-7-3-4-9(8-18)12(14)19/h5-6,9H,3-4,7-8H2,1-2H3,(H2,14,19). The third kappa shape index (κ3) is 3.04. The average molecular weight is 277 g/mol. The van der Waals surface area contributed by atoms with Gasteiger partial charge in [-0.15, -0.1) is 10.2 Å². The minimum absolute atomic E-state index is 0.200. The molecule has 2 amide bonds. The van der Waals surface area contributed by atoms with Crippen LogP contribution in [0.3, 0.4) is 0 Å². The van der Waals surface area contributed by atoms with Crippen LogP contribution >= 0.6 is 0 Å². The van der Waals surface area contributed by atoms with E-state index in [1.807, 2.05) is 19.0 Å². The van der Waals surface area contributed by atoms with Crippen molar-refractivity contribution in [2.45, 2.75) is 12.8 Å². The second kappa shape index (κ2) is 5.85. The van der Waals surface area contributed by atoms with Gasteiger partial charge in [0.05, 0.1) is 5.92 Å². The van der Waals surface area contributed by atoms with E-state index in [1.54, 1.807) is 17.0 Å². The molecule has 1 aliphatic heterocycles. The highest BCUT2D eigenvalue weighted by Gasteiger charge is 2.28. The molecule has 1 unspecified atom stereocenters. The molecule has 1 saturated heterocycles. The van der Waals surface area contributed by atoms with Crippen molar-refractivity contribution in [3.63, 3.8) is 0 Å². The summed E-state index contributed by atoms with van der Waals surface area (Å²) in [5, 5.41) is 7.93. The Kier molecular flexibility index (Phi) is 4.16. The number of carbonyl (C=O) groups is 2. The van der Waals surface area contributed by atoms with Gasteiger partial charge in [0.2, 0.25) is 5.91 Å². The number of amides is 2. The minimum atomic E-state index is -0.350. The maximum absolute atomic E-state index is 12.3. The Balaban J connectivity index is 2.08. The summed E-state index contributed by atoms with van der Waals surface area (Å²) in [6, 6.07) is 3.40. The summed E-state index contributed by atoms with van der Waals surface area (Å²) >= 11 is 0. The predicted octanol–water partition coefficient (Wildman–Crippen LogP) is -0.120. The fraction of sp³-hybridized carbons (Fsp3) is 0.538. The van der Waals surface area contributed by atoms with Gasteiger partial charge in [-0.25, -0.2) is 0 Å². The van der Waals surface area contributed by atoms with Crippen molar-refractivity contribution in [2.24, 2.45) is 11.7 Å². The van der Waals surface area contributed by atoms with E-state index in [-0.39, 0.29) is 17.7 Å². The molecule has 0 spiro atoms. The number of rotatable bonds is 3. The zero-order valence-electron chi connectivity index (χ0n) is 11.7. The first kappa shape index (κ1) is 14.2. The van der Waals surface area contributed by atoms with E-state index in [2.05, 4.69) is 10.2 Å². The molecular formula is C13H19N5O2. The number of anilines is 1. The SMILES string of the molecule is CN(C)c1ccc(C(=O)N2CCCC(C(N)=O)C2)nn1. The fourth-order valence-electron chi connectivity index (χ4n) is 2.23. The molecule has 7 nitrogen and oxygen atoms in total. The Morgan fingerprint density at radius 2 is 2.10 bits per heavy atom. The van der Waals surface area contributed by atoms with Crippen LogP contribution in [0.4, 0.5) is 5.82 Å². The van der Waals surface area contributed by atoms with Gasteiger partial charge in [-0.3, -0.25) is 9.59 Å². The molecule has 1 aromatic heterocycles. The van der Waals surface area contributed by atoms with E-state index in [1.165, 1.54) is 0 Å². The van der Waals surface area contributed by atoms with E-state index in [0.29, 0.717) is 24.6 Å². The number of nitrogens with zero attached hydrogens (tertiary/aromatic N) is 4. The Hall–Kier alpha value is -2.18. The molecule has 1 aromatic rings. The van der Waals surface area contributed by atoms with Crippen LogP contribution in [-0.4, -0.2) is 54.1 Å². The Morgan fingerprint density at radius 3 is 2.65 bits per heavy atom. The monoisotopic (exact) mass is 277 g/mol. The molecule has 108 valence electrons. The lowest BCUT2D eigenvalue weighted by Gasteiger charge is -2.30. The number of hydrogen-bond acceptors (Lipinski definition) is 5. The number of likely N-dealkylation sites (tertiary alicyclic amines) is 1. The number of aromatic nitrogens is 2. The van der Waals surface area contributed by atoms with E-state index >= 15 is 0 Å². The van der Waals surface area contributed by atoms with Gasteiger partial charge in [0.25, 0.3) is 5.91 Å². The van der Waals surface area contributed by atoms with Crippen LogP contribution in [0, 0.1) is 5.92 Å². The van der Waals surface area contributed by atoms with Crippen molar-refractivity contribution in [1.82, 2.24) is 15.1 Å². The Bertz CT molecular complexity index is 500. The van der Waals surface area contributed by atoms with Crippen LogP contribution in [0.1, 0.15) is 23.3 Å². The molecule has 7 heteroatoms. The van der Waals surface area contributed by atoms with Gasteiger partial charge in [0.1, 0.15) is 0 Å². The van der Waals surface area contributed by atoms with Crippen molar-refractivity contribution in [1.29, 1.82) is 0 Å². The van der Waals surface area contributed by atoms with Crippen LogP contribution in [0.2, 0.25) is 0 Å². The molecule has 0 aromatic carbocycles. The molecule has 2 N–H and O–H groups in total.